The Kier molecular flexibility index (Phi) is 3.98. The van der Waals surface area contributed by atoms with Gasteiger partial charge in [0.2, 0.25) is 0 Å². The van der Waals surface area contributed by atoms with E-state index in [1.165, 1.54) is 0 Å². The van der Waals surface area contributed by atoms with Gasteiger partial charge in [-0.15, -0.1) is 11.6 Å². The van der Waals surface area contributed by atoms with Crippen LogP contribution in [-0.4, -0.2) is 0 Å². The molecule has 1 rings (SSSR count). The topological polar surface area (TPSA) is 0 Å². The zero-order valence-electron chi connectivity index (χ0n) is 6.03. The molecule has 0 amide bonds. The van der Waals surface area contributed by atoms with E-state index in [0.29, 0.717) is 16.5 Å². The summed E-state index contributed by atoms with van der Waals surface area (Å²) in [5.74, 6) is 0.367. The maximum Gasteiger partial charge on any atom is 0.134 e. The summed E-state index contributed by atoms with van der Waals surface area (Å²) >= 11 is 23.0. The van der Waals surface area contributed by atoms with Gasteiger partial charge < -0.3 is 0 Å². The zero-order valence-corrected chi connectivity index (χ0v) is 9.05. The monoisotopic (exact) mass is 242 g/mol. The Labute approximate surface area is 91.4 Å². The van der Waals surface area contributed by atoms with Gasteiger partial charge in [0.05, 0.1) is 0 Å². The highest BCUT2D eigenvalue weighted by Crippen LogP contribution is 2.34. The number of halogens is 4. The van der Waals surface area contributed by atoms with Crippen molar-refractivity contribution < 1.29 is 0 Å². The molecule has 0 spiro atoms. The van der Waals surface area contributed by atoms with Crippen molar-refractivity contribution in [3.05, 3.63) is 34.3 Å². The first-order valence-electron chi connectivity index (χ1n) is 3.28. The summed E-state index contributed by atoms with van der Waals surface area (Å²) in [7, 11) is 0. The molecule has 0 aliphatic rings. The van der Waals surface area contributed by atoms with Crippen LogP contribution in [0.5, 0.6) is 0 Å². The lowest BCUT2D eigenvalue weighted by Crippen LogP contribution is -1.91. The number of benzene rings is 1. The largest absolute Gasteiger partial charge is 0.134 e. The van der Waals surface area contributed by atoms with Crippen molar-refractivity contribution in [1.29, 1.82) is 0 Å². The summed E-state index contributed by atoms with van der Waals surface area (Å²) in [5, 5.41) is 0.558. The van der Waals surface area contributed by atoms with Crippen molar-refractivity contribution >= 4 is 46.4 Å². The fraction of sp³-hybridized carbons (Fsp3) is 0.250. The molecule has 0 saturated heterocycles. The van der Waals surface area contributed by atoms with Gasteiger partial charge in [0, 0.05) is 16.5 Å². The molecule has 0 bridgehead atoms. The SMILES string of the molecule is ClCc1cccc(Cl)c1C(Cl)Cl. The van der Waals surface area contributed by atoms with Crippen LogP contribution in [0, 0.1) is 0 Å². The number of alkyl halides is 3. The summed E-state index contributed by atoms with van der Waals surface area (Å²) in [6.45, 7) is 0. The molecular formula is C8H6Cl4. The molecule has 0 heterocycles. The Morgan fingerprint density at radius 1 is 1.25 bits per heavy atom. The molecule has 0 aliphatic carbocycles. The Morgan fingerprint density at radius 3 is 2.33 bits per heavy atom. The third kappa shape index (κ3) is 2.20. The van der Waals surface area contributed by atoms with E-state index in [-0.39, 0.29) is 0 Å². The summed E-state index contributed by atoms with van der Waals surface area (Å²) in [4.78, 5) is -0.618. The van der Waals surface area contributed by atoms with Gasteiger partial charge in [-0.1, -0.05) is 46.9 Å². The van der Waals surface area contributed by atoms with Gasteiger partial charge in [-0.25, -0.2) is 0 Å². The molecular weight excluding hydrogens is 238 g/mol. The lowest BCUT2D eigenvalue weighted by Gasteiger charge is -2.09. The minimum absolute atomic E-state index is 0.367. The van der Waals surface area contributed by atoms with Crippen molar-refractivity contribution in [1.82, 2.24) is 0 Å². The second-order valence-corrected chi connectivity index (χ2v) is 4.02. The number of rotatable bonds is 2. The quantitative estimate of drug-likeness (QED) is 0.669. The van der Waals surface area contributed by atoms with Crippen LogP contribution >= 0.6 is 46.4 Å². The van der Waals surface area contributed by atoms with Crippen LogP contribution in [0.1, 0.15) is 16.0 Å². The standard InChI is InChI=1S/C8H6Cl4/c9-4-5-2-1-3-6(10)7(5)8(11)12/h1-3,8H,4H2. The minimum Gasteiger partial charge on any atom is -0.122 e. The molecule has 0 unspecified atom stereocenters. The molecule has 0 aliphatic heterocycles. The van der Waals surface area contributed by atoms with Crippen molar-refractivity contribution in [3.8, 4) is 0 Å². The van der Waals surface area contributed by atoms with Crippen molar-refractivity contribution in [2.24, 2.45) is 0 Å². The van der Waals surface area contributed by atoms with E-state index in [9.17, 15) is 0 Å². The normalized spacial score (nSPS) is 10.8. The highest BCUT2D eigenvalue weighted by atomic mass is 35.5. The maximum atomic E-state index is 5.88. The van der Waals surface area contributed by atoms with Crippen molar-refractivity contribution in [2.45, 2.75) is 10.7 Å². The zero-order chi connectivity index (χ0) is 9.14. The first kappa shape index (κ1) is 10.5. The second kappa shape index (κ2) is 4.57. The average Bonchev–Trinajstić information content (AvgIpc) is 2.03. The lowest BCUT2D eigenvalue weighted by molar-refractivity contribution is 1.24. The van der Waals surface area contributed by atoms with Crippen LogP contribution in [0.2, 0.25) is 5.02 Å². The van der Waals surface area contributed by atoms with Crippen LogP contribution in [0.4, 0.5) is 0 Å². The smallest absolute Gasteiger partial charge is 0.122 e. The van der Waals surface area contributed by atoms with Gasteiger partial charge in [0.25, 0.3) is 0 Å². The third-order valence-corrected chi connectivity index (χ3v) is 2.56. The summed E-state index contributed by atoms with van der Waals surface area (Å²) in [6, 6.07) is 5.41. The first-order valence-corrected chi connectivity index (χ1v) is 5.06. The average molecular weight is 244 g/mol. The van der Waals surface area contributed by atoms with Gasteiger partial charge in [0.1, 0.15) is 4.84 Å². The van der Waals surface area contributed by atoms with Crippen LogP contribution < -0.4 is 0 Å². The molecule has 0 fully saturated rings. The fourth-order valence-corrected chi connectivity index (χ4v) is 2.11. The molecule has 1 aromatic rings. The van der Waals surface area contributed by atoms with E-state index in [2.05, 4.69) is 0 Å². The van der Waals surface area contributed by atoms with E-state index in [0.717, 1.165) is 5.56 Å². The highest BCUT2D eigenvalue weighted by Gasteiger charge is 2.12. The lowest BCUT2D eigenvalue weighted by atomic mass is 10.1. The predicted molar refractivity (Wildman–Crippen MR) is 55.5 cm³/mol. The molecule has 66 valence electrons. The van der Waals surface area contributed by atoms with Crippen molar-refractivity contribution in [3.63, 3.8) is 0 Å². The molecule has 1 aromatic carbocycles. The van der Waals surface area contributed by atoms with Gasteiger partial charge in [-0.05, 0) is 11.6 Å². The maximum absolute atomic E-state index is 5.88. The van der Waals surface area contributed by atoms with Gasteiger partial charge in [-0.3, -0.25) is 0 Å². The van der Waals surface area contributed by atoms with Gasteiger partial charge >= 0.3 is 0 Å². The Morgan fingerprint density at radius 2 is 1.92 bits per heavy atom. The Balaban J connectivity index is 3.20. The number of hydrogen-bond donors (Lipinski definition) is 0. The van der Waals surface area contributed by atoms with Gasteiger partial charge in [0.15, 0.2) is 0 Å². The molecule has 0 aromatic heterocycles. The molecule has 0 radical (unpaired) electrons. The Hall–Kier alpha value is 0.380. The van der Waals surface area contributed by atoms with E-state index in [1.54, 1.807) is 6.07 Å². The highest BCUT2D eigenvalue weighted by molar-refractivity contribution is 6.45. The second-order valence-electron chi connectivity index (χ2n) is 2.25. The van der Waals surface area contributed by atoms with E-state index >= 15 is 0 Å². The molecule has 0 atom stereocenters. The van der Waals surface area contributed by atoms with Crippen molar-refractivity contribution in [2.75, 3.05) is 0 Å². The molecule has 12 heavy (non-hydrogen) atoms. The Bertz CT molecular complexity index is 270. The summed E-state index contributed by atoms with van der Waals surface area (Å²) in [5.41, 5.74) is 1.58. The van der Waals surface area contributed by atoms with E-state index < -0.39 is 4.84 Å². The third-order valence-electron chi connectivity index (χ3n) is 1.51. The minimum atomic E-state index is -0.618. The summed E-state index contributed by atoms with van der Waals surface area (Å²) in [6.07, 6.45) is 0. The number of hydrogen-bond acceptors (Lipinski definition) is 0. The van der Waals surface area contributed by atoms with Crippen LogP contribution in [0.15, 0.2) is 18.2 Å². The molecule has 0 nitrogen and oxygen atoms in total. The molecule has 0 saturated carbocycles. The van der Waals surface area contributed by atoms with E-state index in [4.69, 9.17) is 46.4 Å². The fourth-order valence-electron chi connectivity index (χ4n) is 0.943. The van der Waals surface area contributed by atoms with E-state index in [1.807, 2.05) is 12.1 Å². The first-order chi connectivity index (χ1) is 5.66. The predicted octanol–water partition coefficient (Wildman–Crippen LogP) is 4.56. The van der Waals surface area contributed by atoms with Gasteiger partial charge in [-0.2, -0.15) is 0 Å². The summed E-state index contributed by atoms with van der Waals surface area (Å²) < 4.78 is 0. The van der Waals surface area contributed by atoms with Crippen LogP contribution in [0.25, 0.3) is 0 Å². The molecule has 0 N–H and O–H groups in total. The van der Waals surface area contributed by atoms with Crippen LogP contribution in [0.3, 0.4) is 0 Å². The van der Waals surface area contributed by atoms with Crippen LogP contribution in [-0.2, 0) is 5.88 Å². The molecule has 4 heteroatoms.